The minimum absolute atomic E-state index is 0.0401. The molecule has 0 aliphatic heterocycles. The highest BCUT2D eigenvalue weighted by Gasteiger charge is 2.13. The van der Waals surface area contributed by atoms with Crippen molar-refractivity contribution < 1.29 is 14.3 Å². The third-order valence-corrected chi connectivity index (χ3v) is 1.89. The molecule has 0 aliphatic carbocycles. The third-order valence-electron chi connectivity index (χ3n) is 1.89. The van der Waals surface area contributed by atoms with Crippen molar-refractivity contribution in [3.8, 4) is 0 Å². The lowest BCUT2D eigenvalue weighted by Crippen LogP contribution is -2.13. The van der Waals surface area contributed by atoms with E-state index in [1.54, 1.807) is 13.0 Å². The highest BCUT2D eigenvalue weighted by molar-refractivity contribution is 5.86. The number of carboxylic acid groups (broad SMARTS) is 1. The Morgan fingerprint density at radius 1 is 1.64 bits per heavy atom. The van der Waals surface area contributed by atoms with E-state index < -0.39 is 5.97 Å². The number of aromatic carboxylic acids is 1. The molecule has 0 unspecified atom stereocenters. The van der Waals surface area contributed by atoms with E-state index in [9.17, 15) is 4.79 Å². The zero-order valence-electron chi connectivity index (χ0n) is 8.46. The van der Waals surface area contributed by atoms with Gasteiger partial charge in [-0.2, -0.15) is 0 Å². The van der Waals surface area contributed by atoms with E-state index in [1.165, 1.54) is 0 Å². The first-order valence-corrected chi connectivity index (χ1v) is 4.68. The first-order chi connectivity index (χ1) is 6.65. The van der Waals surface area contributed by atoms with Gasteiger partial charge < -0.3 is 14.8 Å². The van der Waals surface area contributed by atoms with Gasteiger partial charge in [0.1, 0.15) is 5.76 Å². The Kier molecular flexibility index (Phi) is 3.71. The molecule has 1 rings (SSSR count). The van der Waals surface area contributed by atoms with E-state index in [2.05, 4.69) is 12.2 Å². The Balaban J connectivity index is 2.62. The number of furan rings is 1. The molecule has 0 radical (unpaired) electrons. The van der Waals surface area contributed by atoms with E-state index in [-0.39, 0.29) is 5.76 Å². The molecule has 0 aromatic carbocycles. The van der Waals surface area contributed by atoms with Gasteiger partial charge in [0.15, 0.2) is 0 Å². The van der Waals surface area contributed by atoms with Crippen LogP contribution in [0.3, 0.4) is 0 Å². The number of hydrogen-bond donors (Lipinski definition) is 2. The van der Waals surface area contributed by atoms with Crippen LogP contribution in [0.1, 0.15) is 35.2 Å². The summed E-state index contributed by atoms with van der Waals surface area (Å²) in [4.78, 5) is 10.7. The van der Waals surface area contributed by atoms with Crippen molar-refractivity contribution in [3.05, 3.63) is 23.2 Å². The Morgan fingerprint density at radius 3 is 2.86 bits per heavy atom. The van der Waals surface area contributed by atoms with Gasteiger partial charge in [-0.05, 0) is 26.0 Å². The zero-order valence-corrected chi connectivity index (χ0v) is 8.46. The van der Waals surface area contributed by atoms with Crippen LogP contribution < -0.4 is 5.32 Å². The summed E-state index contributed by atoms with van der Waals surface area (Å²) in [6.45, 7) is 5.30. The van der Waals surface area contributed by atoms with Crippen LogP contribution in [0.4, 0.5) is 0 Å². The quantitative estimate of drug-likeness (QED) is 0.706. The summed E-state index contributed by atoms with van der Waals surface area (Å²) in [5.41, 5.74) is 0.672. The molecule has 0 aliphatic rings. The summed E-state index contributed by atoms with van der Waals surface area (Å²) in [5, 5.41) is 11.9. The number of carbonyl (C=O) groups is 1. The van der Waals surface area contributed by atoms with Crippen LogP contribution in [-0.2, 0) is 6.54 Å². The first-order valence-electron chi connectivity index (χ1n) is 4.68. The van der Waals surface area contributed by atoms with E-state index in [1.807, 2.05) is 0 Å². The van der Waals surface area contributed by atoms with Crippen molar-refractivity contribution in [1.82, 2.24) is 5.32 Å². The average molecular weight is 197 g/mol. The fourth-order valence-corrected chi connectivity index (χ4v) is 1.24. The van der Waals surface area contributed by atoms with Crippen LogP contribution in [-0.4, -0.2) is 17.6 Å². The number of rotatable bonds is 5. The summed E-state index contributed by atoms with van der Waals surface area (Å²) in [6, 6.07) is 1.76. The number of nitrogens with one attached hydrogen (secondary N) is 1. The van der Waals surface area contributed by atoms with Crippen molar-refractivity contribution in [2.24, 2.45) is 0 Å². The Morgan fingerprint density at radius 2 is 2.36 bits per heavy atom. The summed E-state index contributed by atoms with van der Waals surface area (Å²) in [6.07, 6.45) is 1.05. The molecule has 0 amide bonds. The SMILES string of the molecule is CCCNCc1cc(C)c(C(=O)O)o1. The molecule has 0 spiro atoms. The lowest BCUT2D eigenvalue weighted by molar-refractivity contribution is 0.0659. The first kappa shape index (κ1) is 10.8. The van der Waals surface area contributed by atoms with Crippen molar-refractivity contribution in [2.45, 2.75) is 26.8 Å². The van der Waals surface area contributed by atoms with Gasteiger partial charge in [-0.3, -0.25) is 0 Å². The van der Waals surface area contributed by atoms with Gasteiger partial charge in [0.2, 0.25) is 5.76 Å². The van der Waals surface area contributed by atoms with E-state index in [0.29, 0.717) is 17.9 Å². The third kappa shape index (κ3) is 2.60. The molecule has 14 heavy (non-hydrogen) atoms. The lowest BCUT2D eigenvalue weighted by atomic mass is 10.2. The molecule has 2 N–H and O–H groups in total. The number of aryl methyl sites for hydroxylation is 1. The minimum Gasteiger partial charge on any atom is -0.475 e. The lowest BCUT2D eigenvalue weighted by Gasteiger charge is -1.97. The molecule has 4 nitrogen and oxygen atoms in total. The molecule has 4 heteroatoms. The number of carboxylic acids is 1. The summed E-state index contributed by atoms with van der Waals surface area (Å²) in [7, 11) is 0. The maximum atomic E-state index is 10.7. The second-order valence-electron chi connectivity index (χ2n) is 3.21. The molecule has 1 aromatic rings. The average Bonchev–Trinajstić information content (AvgIpc) is 2.47. The van der Waals surface area contributed by atoms with Gasteiger partial charge in [0.05, 0.1) is 6.54 Å². The molecule has 0 bridgehead atoms. The van der Waals surface area contributed by atoms with Crippen LogP contribution in [0.2, 0.25) is 0 Å². The van der Waals surface area contributed by atoms with Crippen molar-refractivity contribution in [1.29, 1.82) is 0 Å². The molecular weight excluding hydrogens is 182 g/mol. The zero-order chi connectivity index (χ0) is 10.6. The predicted molar refractivity (Wildman–Crippen MR) is 52.4 cm³/mol. The maximum Gasteiger partial charge on any atom is 0.372 e. The smallest absolute Gasteiger partial charge is 0.372 e. The van der Waals surface area contributed by atoms with Gasteiger partial charge in [-0.25, -0.2) is 4.79 Å². The van der Waals surface area contributed by atoms with Gasteiger partial charge in [0, 0.05) is 5.56 Å². The van der Waals surface area contributed by atoms with Crippen LogP contribution in [0.5, 0.6) is 0 Å². The second kappa shape index (κ2) is 4.81. The van der Waals surface area contributed by atoms with Crippen molar-refractivity contribution >= 4 is 5.97 Å². The fourth-order valence-electron chi connectivity index (χ4n) is 1.24. The standard InChI is InChI=1S/C10H15NO3/c1-3-4-11-6-8-5-7(2)9(14-8)10(12)13/h5,11H,3-4,6H2,1-2H3,(H,12,13). The van der Waals surface area contributed by atoms with E-state index in [4.69, 9.17) is 9.52 Å². The highest BCUT2D eigenvalue weighted by atomic mass is 16.4. The van der Waals surface area contributed by atoms with Gasteiger partial charge >= 0.3 is 5.97 Å². The Labute approximate surface area is 82.9 Å². The molecule has 0 saturated heterocycles. The Hall–Kier alpha value is -1.29. The largest absolute Gasteiger partial charge is 0.475 e. The topological polar surface area (TPSA) is 62.5 Å². The van der Waals surface area contributed by atoms with Crippen LogP contribution >= 0.6 is 0 Å². The van der Waals surface area contributed by atoms with E-state index in [0.717, 1.165) is 13.0 Å². The summed E-state index contributed by atoms with van der Waals surface area (Å²) >= 11 is 0. The molecule has 0 atom stereocenters. The normalized spacial score (nSPS) is 10.4. The molecule has 1 aromatic heterocycles. The van der Waals surface area contributed by atoms with Gasteiger partial charge in [-0.15, -0.1) is 0 Å². The van der Waals surface area contributed by atoms with Crippen LogP contribution in [0.15, 0.2) is 10.5 Å². The molecule has 78 valence electrons. The molecule has 0 fully saturated rings. The second-order valence-corrected chi connectivity index (χ2v) is 3.21. The van der Waals surface area contributed by atoms with Crippen molar-refractivity contribution in [3.63, 3.8) is 0 Å². The maximum absolute atomic E-state index is 10.7. The van der Waals surface area contributed by atoms with Gasteiger partial charge in [-0.1, -0.05) is 6.92 Å². The molecule has 0 saturated carbocycles. The summed E-state index contributed by atoms with van der Waals surface area (Å²) < 4.78 is 5.16. The number of hydrogen-bond acceptors (Lipinski definition) is 3. The monoisotopic (exact) mass is 197 g/mol. The van der Waals surface area contributed by atoms with Crippen molar-refractivity contribution in [2.75, 3.05) is 6.54 Å². The van der Waals surface area contributed by atoms with E-state index >= 15 is 0 Å². The minimum atomic E-state index is -1.01. The highest BCUT2D eigenvalue weighted by Crippen LogP contribution is 2.14. The molecular formula is C10H15NO3. The molecule has 1 heterocycles. The van der Waals surface area contributed by atoms with Gasteiger partial charge in [0.25, 0.3) is 0 Å². The summed E-state index contributed by atoms with van der Waals surface area (Å²) in [5.74, 6) is -0.295. The Bertz CT molecular complexity index is 317. The van der Waals surface area contributed by atoms with Crippen LogP contribution in [0, 0.1) is 6.92 Å². The van der Waals surface area contributed by atoms with Crippen LogP contribution in [0.25, 0.3) is 0 Å². The fraction of sp³-hybridized carbons (Fsp3) is 0.500. The predicted octanol–water partition coefficient (Wildman–Crippen LogP) is 1.79.